The smallest absolute Gasteiger partial charge is 0.327 e. The van der Waals surface area contributed by atoms with Crippen molar-refractivity contribution >= 4 is 165 Å². The summed E-state index contributed by atoms with van der Waals surface area (Å²) in [7, 11) is 2.11. The fourth-order valence-electron chi connectivity index (χ4n) is 10.6. The van der Waals surface area contributed by atoms with Crippen molar-refractivity contribution in [2.45, 2.75) is 62.3 Å². The number of nitrogens with two attached hydrogens (primary N) is 2. The predicted octanol–water partition coefficient (Wildman–Crippen LogP) is 4.31. The van der Waals surface area contributed by atoms with Gasteiger partial charge in [0.05, 0.1) is 30.5 Å². The molecule has 0 fully saturated rings. The van der Waals surface area contributed by atoms with E-state index in [4.69, 9.17) is 23.1 Å². The van der Waals surface area contributed by atoms with Gasteiger partial charge in [0.2, 0.25) is 29.6 Å². The normalized spacial score (nSPS) is 13.8. The lowest BCUT2D eigenvalue weighted by Gasteiger charge is -2.22. The Balaban J connectivity index is 0.627. The first kappa shape index (κ1) is 68.6. The van der Waals surface area contributed by atoms with Crippen molar-refractivity contribution < 1.29 is 68.4 Å². The van der Waals surface area contributed by atoms with Gasteiger partial charge >= 0.3 is 17.9 Å². The van der Waals surface area contributed by atoms with Gasteiger partial charge in [-0.3, -0.25) is 48.1 Å². The molecular formula is C63H61ClN16O15S2. The van der Waals surface area contributed by atoms with Crippen LogP contribution in [0.4, 0.5) is 28.7 Å². The number of aromatic hydroxyl groups is 1. The molecule has 0 spiro atoms. The van der Waals surface area contributed by atoms with Crippen LogP contribution in [-0.4, -0.2) is 164 Å². The van der Waals surface area contributed by atoms with Crippen LogP contribution in [0.15, 0.2) is 114 Å². The van der Waals surface area contributed by atoms with Crippen LogP contribution < -0.4 is 59.1 Å². The molecule has 0 radical (unpaired) electrons. The first-order valence-electron chi connectivity index (χ1n) is 29.7. The minimum absolute atomic E-state index is 0.0104. The summed E-state index contributed by atoms with van der Waals surface area (Å²) in [5.74, 6) is -9.46. The Morgan fingerprint density at radius 3 is 2.05 bits per heavy atom. The predicted molar refractivity (Wildman–Crippen MR) is 362 cm³/mol. The molecule has 10 rings (SSSR count). The zero-order chi connectivity index (χ0) is 69.2. The Morgan fingerprint density at radius 2 is 1.36 bits per heavy atom. The number of nitrogens with zero attached hydrogens (tertiary/aromatic N) is 4. The molecule has 1 aliphatic heterocycles. The number of fused-ring (bicyclic) bond motifs is 6. The first-order chi connectivity index (χ1) is 46.5. The number of nitrogens with one attached hydrogen (secondary N) is 10. The van der Waals surface area contributed by atoms with Gasteiger partial charge in [-0.05, 0) is 90.2 Å². The van der Waals surface area contributed by atoms with Crippen molar-refractivity contribution in [1.29, 1.82) is 0 Å². The van der Waals surface area contributed by atoms with Gasteiger partial charge in [-0.25, -0.2) is 19.6 Å². The van der Waals surface area contributed by atoms with Crippen molar-refractivity contribution in [2.24, 2.45) is 5.73 Å². The van der Waals surface area contributed by atoms with E-state index in [1.807, 2.05) is 24.3 Å². The van der Waals surface area contributed by atoms with E-state index in [9.17, 15) is 73.2 Å². The minimum atomic E-state index is -1.82. The molecule has 7 amide bonds. The topological polar surface area (TPSA) is 494 Å². The number of hydrogen-bond donors (Lipinski definition) is 16. The van der Waals surface area contributed by atoms with Crippen molar-refractivity contribution in [3.05, 3.63) is 148 Å². The number of anilines is 5. The molecule has 34 heteroatoms. The number of carboxylic acids is 3. The second-order valence-electron chi connectivity index (χ2n) is 22.3. The van der Waals surface area contributed by atoms with Crippen LogP contribution in [0, 0.1) is 0 Å². The van der Waals surface area contributed by atoms with E-state index >= 15 is 0 Å². The van der Waals surface area contributed by atoms with Crippen molar-refractivity contribution in [3.63, 3.8) is 0 Å². The highest BCUT2D eigenvalue weighted by Crippen LogP contribution is 2.46. The molecule has 502 valence electrons. The fraction of sp³-hybridized carbons (Fsp3) is 0.238. The average molecular weight is 1380 g/mol. The summed E-state index contributed by atoms with van der Waals surface area (Å²) < 4.78 is 0. The van der Waals surface area contributed by atoms with Gasteiger partial charge in [-0.2, -0.15) is 4.98 Å². The molecule has 1 unspecified atom stereocenters. The fourth-order valence-corrected chi connectivity index (χ4v) is 13.0. The number of aromatic amines is 3. The van der Waals surface area contributed by atoms with Crippen molar-refractivity contribution in [1.82, 2.24) is 51.2 Å². The second kappa shape index (κ2) is 30.4. The Kier molecular flexibility index (Phi) is 21.5. The molecule has 5 atom stereocenters. The van der Waals surface area contributed by atoms with Crippen molar-refractivity contribution in [3.8, 4) is 5.75 Å². The maximum Gasteiger partial charge on any atom is 0.327 e. The average Bonchev–Trinajstić information content (AvgIpc) is 1.62. The Morgan fingerprint density at radius 1 is 0.701 bits per heavy atom. The van der Waals surface area contributed by atoms with Gasteiger partial charge in [-0.15, -0.1) is 11.6 Å². The molecule has 31 nitrogen and oxygen atoms in total. The van der Waals surface area contributed by atoms with Gasteiger partial charge in [-0.1, -0.05) is 45.9 Å². The minimum Gasteiger partial charge on any atom is -0.507 e. The number of carbonyl (C=O) groups is 10. The second-order valence-corrected chi connectivity index (χ2v) is 25.2. The summed E-state index contributed by atoms with van der Waals surface area (Å²) in [5, 5.41) is 60.7. The SMILES string of the molecule is Nc1nc2ncc(CNc3ccc(C(=O)N[C@H](CCC(=O)NC[C@H](N)C(=O)N[C@@H](CC(=O)O)C(=O)N[C@@H](CSSCCC(=O)Nc4ccc5[nH]c(C(=O)Nc6ccc7[nH]c(C(=O)N8CC(CCl)c9c8cc(O)c8ccccc98)cc7c6)cc5c4)C(=O)O)C(=O)O)cc3)nc2c(=O)[nH]1. The number of phenols is 1. The zero-order valence-electron chi connectivity index (χ0n) is 50.8. The lowest BCUT2D eigenvalue weighted by Crippen LogP contribution is -2.57. The van der Waals surface area contributed by atoms with Crippen LogP contribution in [-0.2, 0) is 40.1 Å². The van der Waals surface area contributed by atoms with Gasteiger partial charge in [0.25, 0.3) is 23.3 Å². The quantitative estimate of drug-likeness (QED) is 0.0176. The van der Waals surface area contributed by atoms with E-state index in [1.165, 1.54) is 30.5 Å². The lowest BCUT2D eigenvalue weighted by molar-refractivity contribution is -0.143. The van der Waals surface area contributed by atoms with E-state index in [0.717, 1.165) is 32.5 Å². The Bertz CT molecular complexity index is 4660. The monoisotopic (exact) mass is 1380 g/mol. The highest BCUT2D eigenvalue weighted by molar-refractivity contribution is 8.76. The number of carbonyl (C=O) groups excluding carboxylic acids is 7. The van der Waals surface area contributed by atoms with Crippen LogP contribution in [0.3, 0.4) is 0 Å². The third-order valence-corrected chi connectivity index (χ3v) is 18.2. The molecule has 0 aliphatic carbocycles. The molecule has 1 aliphatic rings. The molecule has 9 aromatic rings. The maximum atomic E-state index is 14.0. The molecule has 97 heavy (non-hydrogen) atoms. The summed E-state index contributed by atoms with van der Waals surface area (Å²) in [6, 6.07) is 21.9. The molecule has 0 saturated heterocycles. The molecule has 5 heterocycles. The number of aromatic nitrogens is 6. The standard InChI is InChI=1S/C63H61ClN16O15S2/c64-23-32-27-80(47-22-48(81)37-3-1-2-4-38(37)52(32)47)60(91)45-20-31-18-35(10-12-41(31)74-45)72-57(88)43-19-30-17-34(9-11-40(30)73-43)70-50(83)15-16-96-97-28-46(62(94)95)77-58(89)44(21-51(84)85)76-56(87)39(65)26-68-49(82)14-13-42(61(92)93)75-55(86)29-5-7-33(8-6-29)67-24-36-25-69-54-53(71-36)59(90)79-63(66)78-54/h1-12,17-20,22,25,32,39,42,44,46,67,73-74,81H,13-16,21,23-24,26-28,65H2,(H,68,82)(H,70,83)(H,72,88)(H,75,86)(H,76,87)(H,77,89)(H,84,85)(H,92,93)(H,94,95)(H3,66,69,78,79,90)/t32?,39-,42+,44-,46-/m0/s1. The number of rotatable bonds is 29. The number of H-pyrrole nitrogens is 3. The number of carboxylic acid groups (broad SMARTS) is 3. The van der Waals surface area contributed by atoms with E-state index in [1.54, 1.807) is 59.5 Å². The Hall–Kier alpha value is -11.3. The number of alkyl halides is 1. The van der Waals surface area contributed by atoms with Crippen LogP contribution >= 0.6 is 33.2 Å². The number of benzene rings is 5. The molecule has 0 saturated carbocycles. The number of aliphatic carboxylic acids is 3. The largest absolute Gasteiger partial charge is 0.507 e. The van der Waals surface area contributed by atoms with Gasteiger partial charge in [0, 0.05) is 105 Å². The summed E-state index contributed by atoms with van der Waals surface area (Å²) in [6.07, 6.45) is -0.462. The summed E-state index contributed by atoms with van der Waals surface area (Å²) in [4.78, 5) is 163. The molecule has 4 aromatic heterocycles. The zero-order valence-corrected chi connectivity index (χ0v) is 53.2. The van der Waals surface area contributed by atoms with Gasteiger partial charge < -0.3 is 84.0 Å². The van der Waals surface area contributed by atoms with E-state index in [-0.39, 0.29) is 76.3 Å². The number of amides is 7. The van der Waals surface area contributed by atoms with Crippen molar-refractivity contribution in [2.75, 3.05) is 57.1 Å². The third-order valence-electron chi connectivity index (χ3n) is 15.4. The first-order valence-corrected chi connectivity index (χ1v) is 32.7. The number of phenolic OH excluding ortho intramolecular Hbond substituents is 1. The van der Waals surface area contributed by atoms with Crippen LogP contribution in [0.5, 0.6) is 5.75 Å². The van der Waals surface area contributed by atoms with Crippen LogP contribution in [0.1, 0.15) is 74.2 Å². The Labute approximate surface area is 560 Å². The molecule has 18 N–H and O–H groups in total. The highest BCUT2D eigenvalue weighted by atomic mass is 35.5. The summed E-state index contributed by atoms with van der Waals surface area (Å²) >= 11 is 6.40. The van der Waals surface area contributed by atoms with E-state index in [0.29, 0.717) is 67.9 Å². The molecule has 5 aromatic carbocycles. The third kappa shape index (κ3) is 16.8. The summed E-state index contributed by atoms with van der Waals surface area (Å²) in [6.45, 7) is -0.106. The molecule has 0 bridgehead atoms. The van der Waals surface area contributed by atoms with Gasteiger partial charge in [0.1, 0.15) is 41.3 Å². The maximum absolute atomic E-state index is 14.0. The number of halogens is 1. The number of hydrogen-bond acceptors (Lipinski definition) is 20. The number of nitrogen functional groups attached to an aromatic ring is 1. The van der Waals surface area contributed by atoms with Crippen LogP contribution in [0.2, 0.25) is 0 Å². The van der Waals surface area contributed by atoms with Gasteiger partial charge in [0.15, 0.2) is 11.2 Å². The summed E-state index contributed by atoms with van der Waals surface area (Å²) in [5.41, 5.74) is 16.1. The molecular weight excluding hydrogens is 1320 g/mol. The highest BCUT2D eigenvalue weighted by Gasteiger charge is 2.36. The van der Waals surface area contributed by atoms with E-state index in [2.05, 4.69) is 67.1 Å². The van der Waals surface area contributed by atoms with E-state index < -0.39 is 109 Å². The van der Waals surface area contributed by atoms with Crippen LogP contribution in [0.25, 0.3) is 43.7 Å². The lowest BCUT2D eigenvalue weighted by atomic mass is 9.95.